The molecule has 2 saturated heterocycles. The second-order valence-electron chi connectivity index (χ2n) is 10.1. The minimum Gasteiger partial charge on any atom is -0.507 e. The van der Waals surface area contributed by atoms with Crippen LogP contribution >= 0.6 is 0 Å². The zero-order valence-corrected chi connectivity index (χ0v) is 22.1. The van der Waals surface area contributed by atoms with Crippen LogP contribution in [0.1, 0.15) is 0 Å². The number of aromatic hydroxyl groups is 3. The largest absolute Gasteiger partial charge is 0.507 e. The quantitative estimate of drug-likeness (QED) is 0.100. The van der Waals surface area contributed by atoms with E-state index < -0.39 is 91.9 Å². The summed E-state index contributed by atoms with van der Waals surface area (Å²) in [5, 5.41) is 111. The molecule has 3 heterocycles. The molecule has 0 bridgehead atoms. The standard InChI is InChI=1S/C27H30O16/c28-7-17-19(33)21(35)23(37)26(42-17)40-15-5-10(30)4-14-11(15)6-16(25(39-14)9-1-2-12(31)13(32)3-9)41-27-24(38)22(36)20(34)18(8-29)43-27/h1-6,17-24,26-29,33-38H,7-8H2,(H2-,30,31,32)/p+1/t17-,18-,19-,20-,21+,22+,23-,24-,26-,27-/m0/s1. The minimum absolute atomic E-state index is 0.0427. The second kappa shape index (κ2) is 12.2. The first-order valence-corrected chi connectivity index (χ1v) is 13.0. The highest BCUT2D eigenvalue weighted by Gasteiger charge is 2.47. The number of ether oxygens (including phenoxy) is 4. The Hall–Kier alpha value is -3.55. The van der Waals surface area contributed by atoms with Gasteiger partial charge in [0.1, 0.15) is 65.7 Å². The molecule has 5 rings (SSSR count). The van der Waals surface area contributed by atoms with E-state index in [1.807, 2.05) is 0 Å². The van der Waals surface area contributed by atoms with Gasteiger partial charge in [-0.05, 0) is 12.1 Å². The Labute approximate surface area is 242 Å². The fourth-order valence-corrected chi connectivity index (χ4v) is 4.80. The summed E-state index contributed by atoms with van der Waals surface area (Å²) >= 11 is 0. The van der Waals surface area contributed by atoms with Gasteiger partial charge in [-0.3, -0.25) is 0 Å². The molecule has 0 saturated carbocycles. The number of phenols is 3. The normalized spacial score (nSPS) is 32.9. The van der Waals surface area contributed by atoms with Crippen molar-refractivity contribution in [2.45, 2.75) is 61.4 Å². The van der Waals surface area contributed by atoms with Crippen molar-refractivity contribution in [2.24, 2.45) is 0 Å². The highest BCUT2D eigenvalue weighted by molar-refractivity contribution is 5.89. The number of aliphatic hydroxyl groups excluding tert-OH is 8. The molecule has 0 spiro atoms. The monoisotopic (exact) mass is 611 g/mol. The average Bonchev–Trinajstić information content (AvgIpc) is 2.98. The molecule has 0 aliphatic carbocycles. The molecule has 0 radical (unpaired) electrons. The zero-order valence-electron chi connectivity index (χ0n) is 22.1. The molecular formula is C27H31O16+. The van der Waals surface area contributed by atoms with Crippen LogP contribution in [0.15, 0.2) is 40.8 Å². The topological polar surface area (TPSA) is 271 Å². The third-order valence-electron chi connectivity index (χ3n) is 7.22. The smallest absolute Gasteiger partial charge is 0.402 e. The number of benzene rings is 2. The van der Waals surface area contributed by atoms with Crippen molar-refractivity contribution in [3.05, 3.63) is 36.4 Å². The molecule has 10 atom stereocenters. The maximum absolute atomic E-state index is 10.6. The number of rotatable bonds is 7. The van der Waals surface area contributed by atoms with Gasteiger partial charge in [0, 0.05) is 18.2 Å². The number of phenolic OH excluding ortho intramolecular Hbond substituents is 3. The van der Waals surface area contributed by atoms with Crippen molar-refractivity contribution in [3.63, 3.8) is 0 Å². The molecule has 3 aromatic rings. The predicted molar refractivity (Wildman–Crippen MR) is 140 cm³/mol. The van der Waals surface area contributed by atoms with E-state index in [2.05, 4.69) is 0 Å². The lowest BCUT2D eigenvalue weighted by Crippen LogP contribution is -2.60. The van der Waals surface area contributed by atoms with E-state index in [1.54, 1.807) is 0 Å². The van der Waals surface area contributed by atoms with Crippen molar-refractivity contribution in [1.29, 1.82) is 0 Å². The molecular weight excluding hydrogens is 580 g/mol. The van der Waals surface area contributed by atoms with E-state index in [-0.39, 0.29) is 33.8 Å². The predicted octanol–water partition coefficient (Wildman–Crippen LogP) is -2.14. The molecule has 11 N–H and O–H groups in total. The fourth-order valence-electron chi connectivity index (χ4n) is 4.80. The summed E-state index contributed by atoms with van der Waals surface area (Å²) in [6.07, 6.45) is -16.4. The first-order chi connectivity index (χ1) is 20.4. The summed E-state index contributed by atoms with van der Waals surface area (Å²) < 4.78 is 28.4. The highest BCUT2D eigenvalue weighted by Crippen LogP contribution is 2.43. The van der Waals surface area contributed by atoms with Gasteiger partial charge in [0.05, 0.1) is 24.8 Å². The van der Waals surface area contributed by atoms with Gasteiger partial charge >= 0.3 is 11.3 Å². The molecule has 2 aromatic carbocycles. The van der Waals surface area contributed by atoms with Crippen molar-refractivity contribution >= 4 is 11.0 Å². The van der Waals surface area contributed by atoms with E-state index in [0.717, 1.165) is 18.2 Å². The lowest BCUT2D eigenvalue weighted by Gasteiger charge is -2.39. The van der Waals surface area contributed by atoms with E-state index >= 15 is 0 Å². The summed E-state index contributed by atoms with van der Waals surface area (Å²) in [6.45, 7) is -1.46. The van der Waals surface area contributed by atoms with Gasteiger partial charge < -0.3 is 75.1 Å². The van der Waals surface area contributed by atoms with Crippen LogP contribution in [0.25, 0.3) is 22.3 Å². The van der Waals surface area contributed by atoms with Gasteiger partial charge in [-0.25, -0.2) is 4.42 Å². The average molecular weight is 612 g/mol. The fraction of sp³-hybridized carbons (Fsp3) is 0.444. The maximum atomic E-state index is 10.6. The Bertz CT molecular complexity index is 1450. The third-order valence-corrected chi connectivity index (χ3v) is 7.22. The van der Waals surface area contributed by atoms with Gasteiger partial charge in [-0.2, -0.15) is 0 Å². The van der Waals surface area contributed by atoms with Crippen LogP contribution in [0.4, 0.5) is 0 Å². The van der Waals surface area contributed by atoms with Crippen LogP contribution in [0.3, 0.4) is 0 Å². The molecule has 1 aromatic heterocycles. The second-order valence-corrected chi connectivity index (χ2v) is 10.1. The highest BCUT2D eigenvalue weighted by atomic mass is 16.7. The molecule has 16 heteroatoms. The van der Waals surface area contributed by atoms with Crippen LogP contribution in [0.2, 0.25) is 0 Å². The summed E-state index contributed by atoms with van der Waals surface area (Å²) in [5.74, 6) is -1.96. The van der Waals surface area contributed by atoms with Crippen LogP contribution in [0.5, 0.6) is 28.7 Å². The molecule has 2 aliphatic heterocycles. The maximum Gasteiger partial charge on any atom is 0.402 e. The Morgan fingerprint density at radius 2 is 1.19 bits per heavy atom. The Kier molecular flexibility index (Phi) is 8.77. The third kappa shape index (κ3) is 5.85. The summed E-state index contributed by atoms with van der Waals surface area (Å²) in [5.41, 5.74) is 0.0554. The van der Waals surface area contributed by atoms with E-state index in [0.29, 0.717) is 0 Å². The van der Waals surface area contributed by atoms with Gasteiger partial charge in [-0.1, -0.05) is 0 Å². The molecule has 16 nitrogen and oxygen atoms in total. The van der Waals surface area contributed by atoms with Crippen LogP contribution < -0.4 is 9.47 Å². The summed E-state index contributed by atoms with van der Waals surface area (Å²) in [7, 11) is 0. The molecule has 234 valence electrons. The van der Waals surface area contributed by atoms with Gasteiger partial charge in [0.2, 0.25) is 18.3 Å². The number of fused-ring (bicyclic) bond motifs is 1. The lowest BCUT2D eigenvalue weighted by atomic mass is 9.99. The first kappa shape index (κ1) is 30.9. The van der Waals surface area contributed by atoms with Crippen molar-refractivity contribution in [1.82, 2.24) is 0 Å². The van der Waals surface area contributed by atoms with Gasteiger partial charge in [0.15, 0.2) is 11.5 Å². The molecule has 0 unspecified atom stereocenters. The number of hydrogen-bond acceptors (Lipinski definition) is 15. The van der Waals surface area contributed by atoms with E-state index in [4.69, 9.17) is 23.4 Å². The van der Waals surface area contributed by atoms with Crippen LogP contribution in [-0.2, 0) is 9.47 Å². The van der Waals surface area contributed by atoms with Crippen molar-refractivity contribution < 1.29 is 79.5 Å². The molecule has 43 heavy (non-hydrogen) atoms. The number of aliphatic hydroxyl groups is 8. The van der Waals surface area contributed by atoms with Crippen LogP contribution in [-0.4, -0.2) is 131 Å². The molecule has 2 fully saturated rings. The zero-order chi connectivity index (χ0) is 31.2. The van der Waals surface area contributed by atoms with Crippen molar-refractivity contribution in [2.75, 3.05) is 13.2 Å². The van der Waals surface area contributed by atoms with Gasteiger partial charge in [-0.15, -0.1) is 0 Å². The minimum atomic E-state index is -1.82. The number of hydrogen-bond donors (Lipinski definition) is 11. The SMILES string of the molecule is OC[C@@H]1O[C@H](Oc2cc3c(O[C@H]4O[C@@H](CO)[C@H](O)[C@@H](O)[C@@H]4O)cc(O)cc3[o+]c2-c2ccc(O)c(O)c2)[C@@H](O)[C@H](O)[C@H]1O. The summed E-state index contributed by atoms with van der Waals surface area (Å²) in [6, 6.07) is 7.17. The Morgan fingerprint density at radius 1 is 0.628 bits per heavy atom. The molecule has 2 aliphatic rings. The summed E-state index contributed by atoms with van der Waals surface area (Å²) in [4.78, 5) is 0. The van der Waals surface area contributed by atoms with Crippen molar-refractivity contribution in [3.8, 4) is 40.1 Å². The lowest BCUT2D eigenvalue weighted by molar-refractivity contribution is -0.277. The van der Waals surface area contributed by atoms with Gasteiger partial charge in [0.25, 0.3) is 0 Å². The van der Waals surface area contributed by atoms with Crippen LogP contribution in [0, 0.1) is 0 Å². The van der Waals surface area contributed by atoms with E-state index in [1.165, 1.54) is 18.2 Å². The first-order valence-electron chi connectivity index (χ1n) is 13.0. The van der Waals surface area contributed by atoms with E-state index in [9.17, 15) is 56.2 Å². The Morgan fingerprint density at radius 3 is 1.72 bits per heavy atom. The Balaban J connectivity index is 1.61. The molecule has 0 amide bonds.